The Morgan fingerprint density at radius 3 is 2.87 bits per heavy atom. The van der Waals surface area contributed by atoms with Crippen molar-refractivity contribution in [2.45, 2.75) is 18.7 Å². The molecule has 0 aliphatic heterocycles. The van der Waals surface area contributed by atoms with Crippen LogP contribution >= 0.6 is 11.8 Å². The summed E-state index contributed by atoms with van der Waals surface area (Å²) < 4.78 is 28.9. The molecule has 0 spiro atoms. The SMILES string of the molecule is Cc1cc(=O)[nH]c(SCC(=O)Nc2ccccc2OC(F)F)n1. The number of H-pyrrole nitrogens is 1. The van der Waals surface area contributed by atoms with E-state index in [9.17, 15) is 18.4 Å². The van der Waals surface area contributed by atoms with Gasteiger partial charge in [0.05, 0.1) is 11.4 Å². The lowest BCUT2D eigenvalue weighted by Crippen LogP contribution is -2.16. The predicted octanol–water partition coefficient (Wildman–Crippen LogP) is 2.41. The smallest absolute Gasteiger partial charge is 0.387 e. The molecule has 0 saturated heterocycles. The van der Waals surface area contributed by atoms with Gasteiger partial charge in [-0.1, -0.05) is 23.9 Å². The minimum Gasteiger partial charge on any atom is -0.433 e. The van der Waals surface area contributed by atoms with Crippen molar-refractivity contribution >= 4 is 23.4 Å². The highest BCUT2D eigenvalue weighted by atomic mass is 32.2. The van der Waals surface area contributed by atoms with Crippen molar-refractivity contribution in [3.05, 3.63) is 46.4 Å². The van der Waals surface area contributed by atoms with Crippen LogP contribution in [0.5, 0.6) is 5.75 Å². The minimum absolute atomic E-state index is 0.0462. The second-order valence-corrected chi connectivity index (χ2v) is 5.37. The van der Waals surface area contributed by atoms with Crippen LogP contribution in [-0.4, -0.2) is 28.2 Å². The summed E-state index contributed by atoms with van der Waals surface area (Å²) in [5.74, 6) is -0.609. The normalized spacial score (nSPS) is 10.6. The molecular weight excluding hydrogens is 328 g/mol. The quantitative estimate of drug-likeness (QED) is 0.623. The number of ether oxygens (including phenoxy) is 1. The third-order valence-electron chi connectivity index (χ3n) is 2.57. The van der Waals surface area contributed by atoms with E-state index in [1.807, 2.05) is 0 Å². The summed E-state index contributed by atoms with van der Waals surface area (Å²) in [4.78, 5) is 29.8. The number of nitrogens with one attached hydrogen (secondary N) is 2. The molecule has 9 heteroatoms. The zero-order valence-corrected chi connectivity index (χ0v) is 12.8. The standard InChI is InChI=1S/C14H13F2N3O3S/c1-8-6-11(20)19-14(17-8)23-7-12(21)18-9-4-2-3-5-10(9)22-13(15)16/h2-6,13H,7H2,1H3,(H,18,21)(H,17,19,20). The van der Waals surface area contributed by atoms with Crippen LogP contribution in [0.15, 0.2) is 40.3 Å². The number of aryl methyl sites for hydroxylation is 1. The summed E-state index contributed by atoms with van der Waals surface area (Å²) >= 11 is 1.03. The Bertz CT molecular complexity index is 752. The van der Waals surface area contributed by atoms with Gasteiger partial charge in [-0.05, 0) is 19.1 Å². The van der Waals surface area contributed by atoms with Crippen molar-refractivity contribution in [3.63, 3.8) is 0 Å². The lowest BCUT2D eigenvalue weighted by Gasteiger charge is -2.11. The first-order valence-corrected chi connectivity index (χ1v) is 7.47. The minimum atomic E-state index is -2.98. The first kappa shape index (κ1) is 16.9. The molecule has 1 heterocycles. The zero-order valence-electron chi connectivity index (χ0n) is 12.0. The molecule has 0 aliphatic carbocycles. The number of aromatic amines is 1. The summed E-state index contributed by atoms with van der Waals surface area (Å²) in [5.41, 5.74) is 0.368. The molecule has 2 aromatic rings. The number of halogens is 2. The Morgan fingerprint density at radius 1 is 1.43 bits per heavy atom. The van der Waals surface area contributed by atoms with E-state index in [-0.39, 0.29) is 22.7 Å². The van der Waals surface area contributed by atoms with Crippen LogP contribution in [0.1, 0.15) is 5.69 Å². The van der Waals surface area contributed by atoms with Crippen molar-refractivity contribution in [2.75, 3.05) is 11.1 Å². The number of para-hydroxylation sites is 2. The molecule has 0 saturated carbocycles. The van der Waals surface area contributed by atoms with Gasteiger partial charge in [0.2, 0.25) is 5.91 Å². The number of anilines is 1. The van der Waals surface area contributed by atoms with E-state index in [0.29, 0.717) is 10.9 Å². The van der Waals surface area contributed by atoms with Crippen molar-refractivity contribution in [1.29, 1.82) is 0 Å². The maximum Gasteiger partial charge on any atom is 0.387 e. The van der Waals surface area contributed by atoms with Crippen molar-refractivity contribution < 1.29 is 18.3 Å². The highest BCUT2D eigenvalue weighted by molar-refractivity contribution is 7.99. The number of hydrogen-bond acceptors (Lipinski definition) is 5. The van der Waals surface area contributed by atoms with E-state index >= 15 is 0 Å². The van der Waals surface area contributed by atoms with E-state index in [4.69, 9.17) is 0 Å². The van der Waals surface area contributed by atoms with Gasteiger partial charge < -0.3 is 15.0 Å². The van der Waals surface area contributed by atoms with Crippen LogP contribution in [0.4, 0.5) is 14.5 Å². The molecule has 0 fully saturated rings. The van der Waals surface area contributed by atoms with Crippen LogP contribution in [-0.2, 0) is 4.79 Å². The van der Waals surface area contributed by atoms with Crippen molar-refractivity contribution in [1.82, 2.24) is 9.97 Å². The highest BCUT2D eigenvalue weighted by Gasteiger charge is 2.12. The molecule has 0 unspecified atom stereocenters. The van der Waals surface area contributed by atoms with Gasteiger partial charge in [-0.3, -0.25) is 9.59 Å². The van der Waals surface area contributed by atoms with Gasteiger partial charge >= 0.3 is 6.61 Å². The van der Waals surface area contributed by atoms with Crippen LogP contribution in [0.2, 0.25) is 0 Å². The molecule has 1 aromatic carbocycles. The van der Waals surface area contributed by atoms with Gasteiger partial charge in [0.25, 0.3) is 5.56 Å². The van der Waals surface area contributed by atoms with Gasteiger partial charge in [-0.25, -0.2) is 4.98 Å². The number of aromatic nitrogens is 2. The number of benzene rings is 1. The molecule has 2 N–H and O–H groups in total. The van der Waals surface area contributed by atoms with Gasteiger partial charge in [-0.15, -0.1) is 0 Å². The van der Waals surface area contributed by atoms with Crippen LogP contribution < -0.4 is 15.6 Å². The predicted molar refractivity (Wildman–Crippen MR) is 82.0 cm³/mol. The Morgan fingerprint density at radius 2 is 2.17 bits per heavy atom. The van der Waals surface area contributed by atoms with E-state index in [1.54, 1.807) is 13.0 Å². The van der Waals surface area contributed by atoms with E-state index in [0.717, 1.165) is 11.8 Å². The number of carbonyl (C=O) groups excluding carboxylic acids is 1. The average Bonchev–Trinajstić information content (AvgIpc) is 2.46. The van der Waals surface area contributed by atoms with E-state index in [1.165, 1.54) is 24.3 Å². The Balaban J connectivity index is 1.98. The largest absolute Gasteiger partial charge is 0.433 e. The van der Waals surface area contributed by atoms with Crippen LogP contribution in [0.25, 0.3) is 0 Å². The lowest BCUT2D eigenvalue weighted by atomic mass is 10.3. The lowest BCUT2D eigenvalue weighted by molar-refractivity contribution is -0.113. The average molecular weight is 341 g/mol. The Kier molecular flexibility index (Phi) is 5.69. The first-order valence-electron chi connectivity index (χ1n) is 6.48. The molecule has 1 amide bonds. The van der Waals surface area contributed by atoms with Crippen LogP contribution in [0, 0.1) is 6.92 Å². The fourth-order valence-corrected chi connectivity index (χ4v) is 2.43. The molecular formula is C14H13F2N3O3S. The molecule has 2 rings (SSSR count). The molecule has 6 nitrogen and oxygen atoms in total. The molecule has 0 bridgehead atoms. The van der Waals surface area contributed by atoms with Crippen molar-refractivity contribution in [3.8, 4) is 5.75 Å². The third kappa shape index (κ3) is 5.37. The fourth-order valence-electron chi connectivity index (χ4n) is 1.71. The summed E-state index contributed by atoms with van der Waals surface area (Å²) in [6.07, 6.45) is 0. The summed E-state index contributed by atoms with van der Waals surface area (Å²) in [6, 6.07) is 7.22. The number of rotatable bonds is 6. The second kappa shape index (κ2) is 7.73. The summed E-state index contributed by atoms with van der Waals surface area (Å²) in [7, 11) is 0. The zero-order chi connectivity index (χ0) is 16.8. The van der Waals surface area contributed by atoms with Crippen molar-refractivity contribution in [2.24, 2.45) is 0 Å². The number of thioether (sulfide) groups is 1. The van der Waals surface area contributed by atoms with E-state index < -0.39 is 12.5 Å². The molecule has 1 aromatic heterocycles. The summed E-state index contributed by atoms with van der Waals surface area (Å²) in [6.45, 7) is -1.32. The molecule has 122 valence electrons. The van der Waals surface area contributed by atoms with Gasteiger partial charge in [0.15, 0.2) is 5.16 Å². The highest BCUT2D eigenvalue weighted by Crippen LogP contribution is 2.25. The first-order chi connectivity index (χ1) is 10.9. The Hall–Kier alpha value is -2.42. The maximum absolute atomic E-state index is 12.3. The van der Waals surface area contributed by atoms with E-state index in [2.05, 4.69) is 20.0 Å². The Labute approximate surface area is 134 Å². The van der Waals surface area contributed by atoms with Gasteiger partial charge in [-0.2, -0.15) is 8.78 Å². The number of hydrogen-bond donors (Lipinski definition) is 2. The third-order valence-corrected chi connectivity index (χ3v) is 3.44. The monoisotopic (exact) mass is 341 g/mol. The maximum atomic E-state index is 12.3. The topological polar surface area (TPSA) is 84.1 Å². The second-order valence-electron chi connectivity index (χ2n) is 4.40. The molecule has 0 radical (unpaired) electrons. The molecule has 0 atom stereocenters. The fraction of sp³-hybridized carbons (Fsp3) is 0.214. The van der Waals surface area contributed by atoms with Gasteiger partial charge in [0, 0.05) is 11.8 Å². The molecule has 0 aliphatic rings. The number of nitrogens with zero attached hydrogens (tertiary/aromatic N) is 1. The number of amides is 1. The number of carbonyl (C=O) groups is 1. The molecule has 23 heavy (non-hydrogen) atoms. The van der Waals surface area contributed by atoms with Crippen LogP contribution in [0.3, 0.4) is 0 Å². The van der Waals surface area contributed by atoms with Gasteiger partial charge in [0.1, 0.15) is 5.75 Å². The summed E-state index contributed by atoms with van der Waals surface area (Å²) in [5, 5.41) is 2.79. The number of alkyl halides is 2.